The normalized spacial score (nSPS) is 45.6. The number of fused-ring (bicyclic) bond motifs is 7. The van der Waals surface area contributed by atoms with Crippen molar-refractivity contribution < 1.29 is 19.1 Å². The van der Waals surface area contributed by atoms with Gasteiger partial charge in [0, 0.05) is 16.7 Å². The third-order valence-electron chi connectivity index (χ3n) is 12.2. The zero-order valence-electron chi connectivity index (χ0n) is 23.9. The SMILES string of the molecule is [C-]#[N+]C1=C[C@]2(C)C3=CC(=O)[C@@H]4[C@@H]5CC(C)(C)C[C@@H](C(=O)OC)C5CC[C@@]4(C)[C@]3(C)CC[C@H]2C(C)(C)C1=O. The van der Waals surface area contributed by atoms with E-state index in [1.165, 1.54) is 7.11 Å². The van der Waals surface area contributed by atoms with Crippen molar-refractivity contribution in [2.24, 2.45) is 56.7 Å². The molecule has 0 radical (unpaired) electrons. The van der Waals surface area contributed by atoms with E-state index >= 15 is 0 Å². The number of ketones is 2. The molecule has 3 saturated carbocycles. The average Bonchev–Trinajstić information content (AvgIpc) is 2.81. The lowest BCUT2D eigenvalue weighted by Gasteiger charge is -2.68. The second-order valence-corrected chi connectivity index (χ2v) is 14.8. The van der Waals surface area contributed by atoms with Gasteiger partial charge in [-0.15, -0.1) is 0 Å². The predicted octanol–water partition coefficient (Wildman–Crippen LogP) is 6.59. The summed E-state index contributed by atoms with van der Waals surface area (Å²) in [6, 6.07) is 0. The first-order valence-electron chi connectivity index (χ1n) is 14.1. The van der Waals surface area contributed by atoms with Gasteiger partial charge in [-0.3, -0.25) is 9.59 Å². The highest BCUT2D eigenvalue weighted by molar-refractivity contribution is 6.03. The number of ether oxygens (including phenoxy) is 1. The van der Waals surface area contributed by atoms with Crippen molar-refractivity contribution >= 4 is 17.5 Å². The Kier molecular flexibility index (Phi) is 5.64. The minimum Gasteiger partial charge on any atom is -0.469 e. The van der Waals surface area contributed by atoms with E-state index in [0.717, 1.165) is 44.1 Å². The summed E-state index contributed by atoms with van der Waals surface area (Å²) in [7, 11) is 1.48. The van der Waals surface area contributed by atoms with Gasteiger partial charge in [0.15, 0.2) is 11.6 Å². The van der Waals surface area contributed by atoms with Crippen molar-refractivity contribution in [3.8, 4) is 0 Å². The molecule has 0 aliphatic heterocycles. The standard InChI is InChI=1S/C32H43NO4/c1-28(2)15-19-18(20(16-28)27(36)37-9)10-12-32(7)25(19)22(34)14-24-30(5)17-21(33-8)26(35)29(3,4)23(30)11-13-31(24,32)6/h14,17-20,23,25H,10-13,15-16H2,1-7,9H3/t18?,19-,20-,23+,25+,30+,31-,32-/m1/s1. The van der Waals surface area contributed by atoms with Crippen LogP contribution in [0, 0.1) is 63.2 Å². The van der Waals surface area contributed by atoms with Crippen molar-refractivity contribution in [1.82, 2.24) is 0 Å². The Morgan fingerprint density at radius 2 is 1.68 bits per heavy atom. The summed E-state index contributed by atoms with van der Waals surface area (Å²) in [4.78, 5) is 44.0. The van der Waals surface area contributed by atoms with Gasteiger partial charge in [0.05, 0.1) is 19.6 Å². The summed E-state index contributed by atoms with van der Waals surface area (Å²) < 4.78 is 5.25. The van der Waals surface area contributed by atoms with E-state index in [0.29, 0.717) is 0 Å². The van der Waals surface area contributed by atoms with Crippen LogP contribution in [0.5, 0.6) is 0 Å². The van der Waals surface area contributed by atoms with Gasteiger partial charge in [-0.25, -0.2) is 4.85 Å². The van der Waals surface area contributed by atoms with Crippen LogP contribution in [-0.2, 0) is 19.1 Å². The van der Waals surface area contributed by atoms with Gasteiger partial charge in [-0.2, -0.15) is 0 Å². The topological polar surface area (TPSA) is 64.8 Å². The molecule has 0 bridgehead atoms. The molecule has 5 nitrogen and oxygen atoms in total. The highest BCUT2D eigenvalue weighted by Gasteiger charge is 2.68. The van der Waals surface area contributed by atoms with Crippen LogP contribution in [0.25, 0.3) is 4.85 Å². The van der Waals surface area contributed by atoms with E-state index in [9.17, 15) is 14.4 Å². The van der Waals surface area contributed by atoms with Crippen LogP contribution in [-0.4, -0.2) is 24.6 Å². The van der Waals surface area contributed by atoms with E-state index in [4.69, 9.17) is 11.3 Å². The number of nitrogens with zero attached hydrogens (tertiary/aromatic N) is 1. The molecule has 5 aliphatic rings. The zero-order valence-corrected chi connectivity index (χ0v) is 23.9. The second-order valence-electron chi connectivity index (χ2n) is 14.8. The molecule has 0 N–H and O–H groups in total. The molecule has 3 fully saturated rings. The van der Waals surface area contributed by atoms with Crippen molar-refractivity contribution in [3.05, 3.63) is 34.8 Å². The Bertz CT molecular complexity index is 1180. The number of hydrogen-bond acceptors (Lipinski definition) is 4. The van der Waals surface area contributed by atoms with Gasteiger partial charge in [-0.05, 0) is 78.6 Å². The second kappa shape index (κ2) is 7.90. The fourth-order valence-corrected chi connectivity index (χ4v) is 10.3. The Hall–Kier alpha value is -2.22. The van der Waals surface area contributed by atoms with Crippen molar-refractivity contribution in [3.63, 3.8) is 0 Å². The third-order valence-corrected chi connectivity index (χ3v) is 12.2. The molecule has 0 amide bonds. The molecule has 1 unspecified atom stereocenters. The summed E-state index contributed by atoms with van der Waals surface area (Å²) >= 11 is 0. The Morgan fingerprint density at radius 1 is 1.00 bits per heavy atom. The summed E-state index contributed by atoms with van der Waals surface area (Å²) in [5.41, 5.74) is -0.309. The van der Waals surface area contributed by atoms with Crippen molar-refractivity contribution in [2.75, 3.05) is 7.11 Å². The number of carbonyl (C=O) groups excluding carboxylic acids is 3. The lowest BCUT2D eigenvalue weighted by atomic mass is 9.35. The van der Waals surface area contributed by atoms with E-state index in [2.05, 4.69) is 39.5 Å². The van der Waals surface area contributed by atoms with Crippen LogP contribution < -0.4 is 0 Å². The summed E-state index contributed by atoms with van der Waals surface area (Å²) in [5.74, 6) is 0.0755. The monoisotopic (exact) mass is 505 g/mol. The van der Waals surface area contributed by atoms with Gasteiger partial charge in [0.25, 0.3) is 0 Å². The van der Waals surface area contributed by atoms with Crippen LogP contribution in [0.2, 0.25) is 0 Å². The highest BCUT2D eigenvalue weighted by Crippen LogP contribution is 2.73. The smallest absolute Gasteiger partial charge is 0.308 e. The lowest BCUT2D eigenvalue weighted by molar-refractivity contribution is -0.172. The van der Waals surface area contributed by atoms with E-state index in [1.807, 2.05) is 26.0 Å². The number of methoxy groups -OCH3 is 1. The van der Waals surface area contributed by atoms with Crippen molar-refractivity contribution in [2.45, 2.75) is 87.0 Å². The van der Waals surface area contributed by atoms with Gasteiger partial charge >= 0.3 is 5.97 Å². The number of hydrogen-bond donors (Lipinski definition) is 0. The Labute approximate surface area is 222 Å². The maximum atomic E-state index is 14.3. The largest absolute Gasteiger partial charge is 0.469 e. The number of rotatable bonds is 1. The van der Waals surface area contributed by atoms with Gasteiger partial charge in [0.1, 0.15) is 0 Å². The van der Waals surface area contributed by atoms with E-state index in [-0.39, 0.29) is 69.1 Å². The quantitative estimate of drug-likeness (QED) is 0.298. The third kappa shape index (κ3) is 3.29. The molecule has 0 aromatic rings. The molecular formula is C32H43NO4. The average molecular weight is 506 g/mol. The fourth-order valence-electron chi connectivity index (χ4n) is 10.3. The summed E-state index contributed by atoms with van der Waals surface area (Å²) in [5, 5.41) is 0. The molecule has 8 atom stereocenters. The highest BCUT2D eigenvalue weighted by atomic mass is 16.5. The predicted molar refractivity (Wildman–Crippen MR) is 142 cm³/mol. The van der Waals surface area contributed by atoms with Crippen LogP contribution in [0.1, 0.15) is 87.0 Å². The molecule has 5 heteroatoms. The number of Topliss-reactive ketones (excluding diaryl/α,β-unsaturated/α-hetero) is 1. The Balaban J connectivity index is 1.66. The first-order valence-corrected chi connectivity index (χ1v) is 14.1. The first kappa shape index (κ1) is 26.4. The maximum Gasteiger partial charge on any atom is 0.308 e. The van der Waals surface area contributed by atoms with E-state index < -0.39 is 10.8 Å². The number of carbonyl (C=O) groups is 3. The minimum absolute atomic E-state index is 0.0336. The molecular weight excluding hydrogens is 462 g/mol. The molecule has 5 rings (SSSR count). The molecule has 37 heavy (non-hydrogen) atoms. The lowest BCUT2D eigenvalue weighted by Crippen LogP contribution is -2.64. The molecule has 5 aliphatic carbocycles. The van der Waals surface area contributed by atoms with Crippen LogP contribution in [0.4, 0.5) is 0 Å². The van der Waals surface area contributed by atoms with Gasteiger partial charge in [0.2, 0.25) is 5.70 Å². The molecule has 0 heterocycles. The summed E-state index contributed by atoms with van der Waals surface area (Å²) in [6.07, 6.45) is 9.24. The fraction of sp³-hybridized carbons (Fsp3) is 0.750. The number of allylic oxidation sites excluding steroid dienone is 4. The first-order chi connectivity index (χ1) is 17.1. The molecule has 0 saturated heterocycles. The van der Waals surface area contributed by atoms with Crippen LogP contribution in [0.3, 0.4) is 0 Å². The molecule has 0 aromatic heterocycles. The van der Waals surface area contributed by atoms with Crippen LogP contribution in [0.15, 0.2) is 23.4 Å². The number of esters is 1. The van der Waals surface area contributed by atoms with Crippen LogP contribution >= 0.6 is 0 Å². The van der Waals surface area contributed by atoms with Gasteiger partial charge in [-0.1, -0.05) is 60.1 Å². The summed E-state index contributed by atoms with van der Waals surface area (Å²) in [6.45, 7) is 23.0. The Morgan fingerprint density at radius 3 is 2.30 bits per heavy atom. The molecule has 0 spiro atoms. The van der Waals surface area contributed by atoms with E-state index in [1.54, 1.807) is 0 Å². The zero-order chi connectivity index (χ0) is 27.3. The minimum atomic E-state index is -0.648. The van der Waals surface area contributed by atoms with Crippen molar-refractivity contribution in [1.29, 1.82) is 0 Å². The van der Waals surface area contributed by atoms with Gasteiger partial charge < -0.3 is 9.53 Å². The molecule has 200 valence electrons. The molecule has 0 aromatic carbocycles. The maximum absolute atomic E-state index is 14.3.